The van der Waals surface area contributed by atoms with Crippen molar-refractivity contribution in [3.05, 3.63) is 52.0 Å². The molecule has 0 aliphatic carbocycles. The van der Waals surface area contributed by atoms with Crippen molar-refractivity contribution in [1.29, 1.82) is 0 Å². The van der Waals surface area contributed by atoms with Crippen molar-refractivity contribution in [3.8, 4) is 11.5 Å². The molecule has 1 aliphatic rings. The van der Waals surface area contributed by atoms with E-state index in [1.165, 1.54) is 10.5 Å². The Balaban J connectivity index is 1.74. The van der Waals surface area contributed by atoms with Gasteiger partial charge in [0, 0.05) is 15.1 Å². The average Bonchev–Trinajstić information content (AvgIpc) is 2.63. The Labute approximate surface area is 160 Å². The molecule has 0 saturated carbocycles. The summed E-state index contributed by atoms with van der Waals surface area (Å²) in [6, 6.07) is 12.0. The largest absolute Gasteiger partial charge is 0.493 e. The van der Waals surface area contributed by atoms with Gasteiger partial charge < -0.3 is 14.8 Å². The maximum Gasteiger partial charge on any atom is 0.224 e. The van der Waals surface area contributed by atoms with Crippen LogP contribution in [-0.4, -0.2) is 25.9 Å². The number of rotatable bonds is 5. The maximum absolute atomic E-state index is 12.6. The summed E-state index contributed by atoms with van der Waals surface area (Å²) in [6.45, 7) is 0. The van der Waals surface area contributed by atoms with Crippen LogP contribution in [0.5, 0.6) is 11.5 Å². The van der Waals surface area contributed by atoms with Gasteiger partial charge in [-0.05, 0) is 35.7 Å². The molecule has 0 spiro atoms. The van der Waals surface area contributed by atoms with Crippen molar-refractivity contribution in [2.24, 2.45) is 0 Å². The lowest BCUT2D eigenvalue weighted by atomic mass is 10.0. The van der Waals surface area contributed by atoms with Gasteiger partial charge >= 0.3 is 0 Å². The number of amides is 1. The molecule has 0 bridgehead atoms. The number of carbonyl (C=O) groups excluding carboxylic acids is 1. The molecule has 0 unspecified atom stereocenters. The lowest BCUT2D eigenvalue weighted by Crippen LogP contribution is -2.31. The SMILES string of the molecule is COc1cc(Br)c(CC(=O)N[C@@H]2CCSc3ccccc32)cc1OC. The Bertz CT molecular complexity index is 781. The van der Waals surface area contributed by atoms with Crippen LogP contribution in [-0.2, 0) is 11.2 Å². The van der Waals surface area contributed by atoms with Crippen molar-refractivity contribution >= 4 is 33.6 Å². The molecule has 1 heterocycles. The van der Waals surface area contributed by atoms with E-state index in [1.807, 2.05) is 36.0 Å². The Morgan fingerprint density at radius 2 is 1.96 bits per heavy atom. The fourth-order valence-corrected chi connectivity index (χ4v) is 4.53. The van der Waals surface area contributed by atoms with Crippen LogP contribution in [0.15, 0.2) is 45.8 Å². The lowest BCUT2D eigenvalue weighted by Gasteiger charge is -2.26. The summed E-state index contributed by atoms with van der Waals surface area (Å²) in [4.78, 5) is 13.8. The van der Waals surface area contributed by atoms with Gasteiger partial charge in [-0.25, -0.2) is 0 Å². The van der Waals surface area contributed by atoms with Crippen LogP contribution in [0, 0.1) is 0 Å². The van der Waals surface area contributed by atoms with Gasteiger partial charge in [0.15, 0.2) is 11.5 Å². The summed E-state index contributed by atoms with van der Waals surface area (Å²) in [5, 5.41) is 3.17. The van der Waals surface area contributed by atoms with Gasteiger partial charge in [0.1, 0.15) is 0 Å². The predicted octanol–water partition coefficient (Wildman–Crippen LogP) is 4.36. The van der Waals surface area contributed by atoms with Crippen molar-refractivity contribution in [3.63, 3.8) is 0 Å². The van der Waals surface area contributed by atoms with Crippen molar-refractivity contribution in [2.45, 2.75) is 23.8 Å². The molecule has 2 aromatic rings. The van der Waals surface area contributed by atoms with E-state index in [-0.39, 0.29) is 18.4 Å². The minimum atomic E-state index is -0.000349. The fraction of sp³-hybridized carbons (Fsp3) is 0.316. The van der Waals surface area contributed by atoms with E-state index in [9.17, 15) is 4.79 Å². The Morgan fingerprint density at radius 1 is 1.24 bits per heavy atom. The molecule has 1 amide bonds. The molecule has 4 nitrogen and oxygen atoms in total. The van der Waals surface area contributed by atoms with E-state index in [2.05, 4.69) is 33.4 Å². The van der Waals surface area contributed by atoms with Crippen molar-refractivity contribution in [1.82, 2.24) is 5.32 Å². The molecular weight excluding hydrogens is 402 g/mol. The molecule has 25 heavy (non-hydrogen) atoms. The molecule has 3 rings (SSSR count). The Hall–Kier alpha value is -1.66. The van der Waals surface area contributed by atoms with Crippen LogP contribution in [0.1, 0.15) is 23.6 Å². The van der Waals surface area contributed by atoms with Gasteiger partial charge in [-0.1, -0.05) is 34.1 Å². The number of carbonyl (C=O) groups is 1. The topological polar surface area (TPSA) is 47.6 Å². The first-order valence-electron chi connectivity index (χ1n) is 8.04. The summed E-state index contributed by atoms with van der Waals surface area (Å²) in [5.74, 6) is 2.27. The number of thioether (sulfide) groups is 1. The molecule has 0 radical (unpaired) electrons. The summed E-state index contributed by atoms with van der Waals surface area (Å²) in [5.41, 5.74) is 2.08. The third kappa shape index (κ3) is 4.12. The van der Waals surface area contributed by atoms with Gasteiger partial charge in [-0.15, -0.1) is 11.8 Å². The highest BCUT2D eigenvalue weighted by Crippen LogP contribution is 2.36. The lowest BCUT2D eigenvalue weighted by molar-refractivity contribution is -0.121. The van der Waals surface area contributed by atoms with E-state index >= 15 is 0 Å². The second kappa shape index (κ2) is 8.15. The molecule has 6 heteroatoms. The number of methoxy groups -OCH3 is 2. The van der Waals surface area contributed by atoms with E-state index in [1.54, 1.807) is 14.2 Å². The Kier molecular flexibility index (Phi) is 5.91. The molecule has 1 atom stereocenters. The maximum atomic E-state index is 12.6. The van der Waals surface area contributed by atoms with Crippen LogP contribution in [0.2, 0.25) is 0 Å². The summed E-state index contributed by atoms with van der Waals surface area (Å²) in [6.07, 6.45) is 1.23. The third-order valence-electron chi connectivity index (χ3n) is 4.20. The standard InChI is InChI=1S/C19H20BrNO3S/c1-23-16-9-12(14(20)11-17(16)24-2)10-19(22)21-15-7-8-25-18-6-4-3-5-13(15)18/h3-6,9,11,15H,7-8,10H2,1-2H3,(H,21,22)/t15-/m1/s1. The number of ether oxygens (including phenoxy) is 2. The van der Waals surface area contributed by atoms with E-state index < -0.39 is 0 Å². The number of halogens is 1. The summed E-state index contributed by atoms with van der Waals surface area (Å²) >= 11 is 5.36. The average molecular weight is 422 g/mol. The first kappa shape index (κ1) is 18.1. The molecule has 1 N–H and O–H groups in total. The zero-order valence-electron chi connectivity index (χ0n) is 14.2. The van der Waals surface area contributed by atoms with Gasteiger partial charge in [0.2, 0.25) is 5.91 Å². The zero-order valence-corrected chi connectivity index (χ0v) is 16.6. The Morgan fingerprint density at radius 3 is 2.72 bits per heavy atom. The van der Waals surface area contributed by atoms with Crippen LogP contribution in [0.4, 0.5) is 0 Å². The monoisotopic (exact) mass is 421 g/mol. The van der Waals surface area contributed by atoms with Gasteiger partial charge in [0.25, 0.3) is 0 Å². The summed E-state index contributed by atoms with van der Waals surface area (Å²) < 4.78 is 11.4. The smallest absolute Gasteiger partial charge is 0.224 e. The zero-order chi connectivity index (χ0) is 17.8. The third-order valence-corrected chi connectivity index (χ3v) is 6.06. The molecule has 0 fully saturated rings. The van der Waals surface area contributed by atoms with Crippen molar-refractivity contribution in [2.75, 3.05) is 20.0 Å². The van der Waals surface area contributed by atoms with E-state index in [4.69, 9.17) is 9.47 Å². The van der Waals surface area contributed by atoms with Crippen molar-refractivity contribution < 1.29 is 14.3 Å². The predicted molar refractivity (Wildman–Crippen MR) is 104 cm³/mol. The minimum absolute atomic E-state index is 0.000349. The van der Waals surface area contributed by atoms with Crippen LogP contribution in [0.3, 0.4) is 0 Å². The number of benzene rings is 2. The number of fused-ring (bicyclic) bond motifs is 1. The molecular formula is C19H20BrNO3S. The van der Waals surface area contributed by atoms with Gasteiger partial charge in [-0.2, -0.15) is 0 Å². The normalized spacial score (nSPS) is 16.0. The highest BCUT2D eigenvalue weighted by atomic mass is 79.9. The fourth-order valence-electron chi connectivity index (χ4n) is 2.94. The first-order valence-corrected chi connectivity index (χ1v) is 9.81. The second-order valence-corrected chi connectivity index (χ2v) is 7.76. The number of nitrogens with one attached hydrogen (secondary N) is 1. The van der Waals surface area contributed by atoms with Crippen LogP contribution in [0.25, 0.3) is 0 Å². The quantitative estimate of drug-likeness (QED) is 0.778. The molecule has 0 saturated heterocycles. The van der Waals surface area contributed by atoms with Gasteiger partial charge in [0.05, 0.1) is 26.7 Å². The molecule has 0 aromatic heterocycles. The molecule has 1 aliphatic heterocycles. The molecule has 132 valence electrons. The minimum Gasteiger partial charge on any atom is -0.493 e. The highest BCUT2D eigenvalue weighted by Gasteiger charge is 2.22. The van der Waals surface area contributed by atoms with Crippen LogP contribution < -0.4 is 14.8 Å². The van der Waals surface area contributed by atoms with Crippen LogP contribution >= 0.6 is 27.7 Å². The molecule has 2 aromatic carbocycles. The number of hydrogen-bond acceptors (Lipinski definition) is 4. The highest BCUT2D eigenvalue weighted by molar-refractivity contribution is 9.10. The summed E-state index contributed by atoms with van der Waals surface area (Å²) in [7, 11) is 3.18. The van der Waals surface area contributed by atoms with E-state index in [0.29, 0.717) is 11.5 Å². The first-order chi connectivity index (χ1) is 12.1. The van der Waals surface area contributed by atoms with E-state index in [0.717, 1.165) is 22.2 Å². The second-order valence-electron chi connectivity index (χ2n) is 5.77. The van der Waals surface area contributed by atoms with Gasteiger partial charge in [-0.3, -0.25) is 4.79 Å². The number of hydrogen-bond donors (Lipinski definition) is 1.